The zero-order chi connectivity index (χ0) is 57.0. The van der Waals surface area contributed by atoms with Gasteiger partial charge in [-0.25, -0.2) is 4.57 Å². The average Bonchev–Trinajstić information content (AvgIpc) is 3.40. The maximum atomic E-state index is 13.0. The summed E-state index contributed by atoms with van der Waals surface area (Å²) in [6.07, 6.45) is 91.8. The van der Waals surface area contributed by atoms with Crippen LogP contribution < -0.4 is 5.32 Å². The second-order valence-corrected chi connectivity index (χ2v) is 22.4. The number of amides is 1. The van der Waals surface area contributed by atoms with E-state index in [4.69, 9.17) is 9.05 Å². The number of allylic oxidation sites excluding steroid dienone is 27. The first-order valence-corrected chi connectivity index (χ1v) is 32.0. The summed E-state index contributed by atoms with van der Waals surface area (Å²) in [5.74, 6) is -0.218. The monoisotopic (exact) mass is 1100 g/mol. The highest BCUT2D eigenvalue weighted by Gasteiger charge is 2.27. The molecule has 0 aromatic carbocycles. The van der Waals surface area contributed by atoms with Crippen LogP contribution in [0, 0.1) is 0 Å². The fraction of sp³-hybridized carbons (Fsp3) is 0.580. The number of nitrogens with one attached hydrogen (secondary N) is 1. The summed E-state index contributed by atoms with van der Waals surface area (Å²) in [7, 11) is 1.50. The Balaban J connectivity index is 4.27. The number of nitrogens with zero attached hydrogens (tertiary/aromatic N) is 1. The molecule has 0 aromatic rings. The molecule has 0 aliphatic rings. The molecule has 440 valence electrons. The standard InChI is InChI=1S/C69H113N2O6P/c1-6-8-10-12-14-16-18-20-22-24-25-26-27-28-29-30-31-32-33-34-35-36-37-38-39-40-41-42-43-44-45-47-49-51-53-55-57-59-61-63-69(73)70-67(66-77-78(74,75)76-65-64-71(3,4)5)68(72)62-60-58-56-54-52-50-48-46-23-21-19-17-15-13-11-9-7-2/h8,10,14,16,20,22-23,25-26,28-29,31-32,34-35,37-38,40-41,43-44,46-47,49,52,54,60,62,67-68,72H,6-7,9,11-13,15,17-19,21,24,27,30,33,36,39,42,45,48,50-51,53,55-59,61,63-66H2,1-5H3,(H-,70,73,74,75)/p+1/b10-8-,16-14-,22-20-,26-25-,29-28-,32-31-,35-34-,38-37-,41-40-,44-43-,46-23+,49-47-,54-52+,62-60+. The second-order valence-electron chi connectivity index (χ2n) is 21.0. The van der Waals surface area contributed by atoms with Crippen molar-refractivity contribution >= 4 is 13.7 Å². The smallest absolute Gasteiger partial charge is 0.387 e. The Morgan fingerprint density at radius 1 is 0.449 bits per heavy atom. The molecule has 9 heteroatoms. The first-order valence-electron chi connectivity index (χ1n) is 30.5. The molecule has 3 unspecified atom stereocenters. The number of carbonyl (C=O) groups excluding carboxylic acids is 1. The van der Waals surface area contributed by atoms with Crippen LogP contribution in [0.15, 0.2) is 170 Å². The van der Waals surface area contributed by atoms with Crippen LogP contribution in [-0.4, -0.2) is 73.4 Å². The van der Waals surface area contributed by atoms with Crippen LogP contribution in [0.4, 0.5) is 0 Å². The molecular formula is C69H114N2O6P+. The fourth-order valence-corrected chi connectivity index (χ4v) is 8.40. The van der Waals surface area contributed by atoms with Crippen molar-refractivity contribution in [1.82, 2.24) is 5.32 Å². The van der Waals surface area contributed by atoms with Crippen LogP contribution in [0.2, 0.25) is 0 Å². The Bertz CT molecular complexity index is 1870. The minimum atomic E-state index is -4.38. The van der Waals surface area contributed by atoms with Crippen molar-refractivity contribution in [1.29, 1.82) is 0 Å². The van der Waals surface area contributed by atoms with Gasteiger partial charge in [0.05, 0.1) is 39.9 Å². The summed E-state index contributed by atoms with van der Waals surface area (Å²) in [5, 5.41) is 13.9. The topological polar surface area (TPSA) is 105 Å². The molecule has 8 nitrogen and oxygen atoms in total. The molecule has 0 heterocycles. The predicted octanol–water partition coefficient (Wildman–Crippen LogP) is 19.2. The van der Waals surface area contributed by atoms with Crippen molar-refractivity contribution in [3.8, 4) is 0 Å². The number of carbonyl (C=O) groups is 1. The average molecular weight is 1100 g/mol. The lowest BCUT2D eigenvalue weighted by molar-refractivity contribution is -0.870. The third kappa shape index (κ3) is 59.5. The number of phosphoric ester groups is 1. The maximum Gasteiger partial charge on any atom is 0.472 e. The molecule has 0 aromatic heterocycles. The highest BCUT2D eigenvalue weighted by Crippen LogP contribution is 2.43. The molecule has 0 spiro atoms. The maximum absolute atomic E-state index is 13.0. The lowest BCUT2D eigenvalue weighted by Crippen LogP contribution is -2.45. The van der Waals surface area contributed by atoms with Gasteiger partial charge in [-0.05, 0) is 128 Å². The molecule has 0 fully saturated rings. The second kappa shape index (κ2) is 57.5. The molecule has 0 saturated carbocycles. The highest BCUT2D eigenvalue weighted by molar-refractivity contribution is 7.47. The minimum absolute atomic E-state index is 0.0399. The molecule has 0 aliphatic heterocycles. The van der Waals surface area contributed by atoms with Gasteiger partial charge in [0.15, 0.2) is 0 Å². The Morgan fingerprint density at radius 3 is 1.18 bits per heavy atom. The van der Waals surface area contributed by atoms with Crippen molar-refractivity contribution in [2.24, 2.45) is 0 Å². The van der Waals surface area contributed by atoms with Crippen LogP contribution in [0.5, 0.6) is 0 Å². The van der Waals surface area contributed by atoms with Crippen LogP contribution >= 0.6 is 7.82 Å². The van der Waals surface area contributed by atoms with Gasteiger partial charge in [0.1, 0.15) is 13.2 Å². The SMILES string of the molecule is CC/C=C\C/C=C\C/C=C\C/C=C\C/C=C\C/C=C\C/C=C\C/C=C\C/C=C\C/C=C\C/C=C\CCCCCCCC(=O)NC(COP(=O)(O)OCC[N+](C)(C)C)C(O)/C=C/CC/C=C/CC/C=C/CCCCCCCCC. The number of phosphoric acid groups is 1. The summed E-state index contributed by atoms with van der Waals surface area (Å²) in [6, 6.07) is -0.894. The van der Waals surface area contributed by atoms with Crippen molar-refractivity contribution < 1.29 is 32.9 Å². The van der Waals surface area contributed by atoms with Crippen molar-refractivity contribution in [3.05, 3.63) is 170 Å². The van der Waals surface area contributed by atoms with Gasteiger partial charge in [0.2, 0.25) is 5.91 Å². The quantitative estimate of drug-likeness (QED) is 0.0243. The molecule has 3 atom stereocenters. The van der Waals surface area contributed by atoms with Gasteiger partial charge in [0, 0.05) is 6.42 Å². The normalized spacial score (nSPS) is 15.0. The van der Waals surface area contributed by atoms with E-state index in [0.717, 1.165) is 135 Å². The summed E-state index contributed by atoms with van der Waals surface area (Å²) in [4.78, 5) is 23.3. The molecule has 3 N–H and O–H groups in total. The van der Waals surface area contributed by atoms with Crippen LogP contribution in [-0.2, 0) is 18.4 Å². The minimum Gasteiger partial charge on any atom is -0.387 e. The molecule has 0 aliphatic carbocycles. The first-order chi connectivity index (χ1) is 38.0. The number of hydrogen-bond donors (Lipinski definition) is 3. The van der Waals surface area contributed by atoms with E-state index in [1.165, 1.54) is 51.4 Å². The number of likely N-dealkylation sites (N-methyl/N-ethyl adjacent to an activating group) is 1. The van der Waals surface area contributed by atoms with E-state index in [0.29, 0.717) is 17.4 Å². The molecule has 78 heavy (non-hydrogen) atoms. The van der Waals surface area contributed by atoms with Gasteiger partial charge in [-0.2, -0.15) is 0 Å². The molecule has 0 rings (SSSR count). The van der Waals surface area contributed by atoms with Crippen molar-refractivity contribution in [3.63, 3.8) is 0 Å². The molecular weight excluding hydrogens is 984 g/mol. The highest BCUT2D eigenvalue weighted by atomic mass is 31.2. The Kier molecular flexibility index (Phi) is 54.5. The zero-order valence-electron chi connectivity index (χ0n) is 50.1. The van der Waals surface area contributed by atoms with Crippen LogP contribution in [0.25, 0.3) is 0 Å². The summed E-state index contributed by atoms with van der Waals surface area (Å²) < 4.78 is 23.7. The number of unbranched alkanes of at least 4 members (excludes halogenated alkanes) is 14. The third-order valence-corrected chi connectivity index (χ3v) is 13.4. The van der Waals surface area contributed by atoms with E-state index >= 15 is 0 Å². The Hall–Kier alpha value is -4.14. The van der Waals surface area contributed by atoms with Crippen molar-refractivity contribution in [2.45, 2.75) is 219 Å². The van der Waals surface area contributed by atoms with E-state index in [2.05, 4.69) is 177 Å². The first kappa shape index (κ1) is 73.9. The van der Waals surface area contributed by atoms with Gasteiger partial charge in [-0.1, -0.05) is 242 Å². The lowest BCUT2D eigenvalue weighted by atomic mass is 10.1. The van der Waals surface area contributed by atoms with E-state index < -0.39 is 20.0 Å². The molecule has 0 bridgehead atoms. The van der Waals surface area contributed by atoms with E-state index in [9.17, 15) is 19.4 Å². The molecule has 0 radical (unpaired) electrons. The largest absolute Gasteiger partial charge is 0.472 e. The summed E-state index contributed by atoms with van der Waals surface area (Å²) in [6.45, 7) is 4.62. The fourth-order valence-electron chi connectivity index (χ4n) is 7.66. The van der Waals surface area contributed by atoms with Gasteiger partial charge < -0.3 is 19.8 Å². The summed E-state index contributed by atoms with van der Waals surface area (Å²) >= 11 is 0. The zero-order valence-corrected chi connectivity index (χ0v) is 51.0. The van der Waals surface area contributed by atoms with Gasteiger partial charge >= 0.3 is 7.82 Å². The lowest BCUT2D eigenvalue weighted by Gasteiger charge is -2.25. The number of rotatable bonds is 53. The van der Waals surface area contributed by atoms with E-state index in [-0.39, 0.29) is 19.1 Å². The molecule has 1 amide bonds. The van der Waals surface area contributed by atoms with Crippen LogP contribution in [0.3, 0.4) is 0 Å². The van der Waals surface area contributed by atoms with Gasteiger partial charge in [-0.3, -0.25) is 13.8 Å². The van der Waals surface area contributed by atoms with Crippen molar-refractivity contribution in [2.75, 3.05) is 40.9 Å². The van der Waals surface area contributed by atoms with E-state index in [1.807, 2.05) is 27.2 Å². The van der Waals surface area contributed by atoms with Gasteiger partial charge in [-0.15, -0.1) is 0 Å². The van der Waals surface area contributed by atoms with Gasteiger partial charge in [0.25, 0.3) is 0 Å². The third-order valence-electron chi connectivity index (χ3n) is 12.4. The number of aliphatic hydroxyl groups is 1. The van der Waals surface area contributed by atoms with E-state index in [1.54, 1.807) is 6.08 Å². The predicted molar refractivity (Wildman–Crippen MR) is 340 cm³/mol. The number of hydrogen-bond acceptors (Lipinski definition) is 5. The number of aliphatic hydroxyl groups excluding tert-OH is 1. The summed E-state index contributed by atoms with van der Waals surface area (Å²) in [5.41, 5.74) is 0. The number of quaternary nitrogens is 1. The molecule has 0 saturated heterocycles. The Labute approximate surface area is 479 Å². The van der Waals surface area contributed by atoms with Crippen LogP contribution in [0.1, 0.15) is 206 Å². The Morgan fingerprint density at radius 2 is 0.782 bits per heavy atom.